The molecule has 0 spiro atoms. The topological polar surface area (TPSA) is 54.4 Å². The van der Waals surface area contributed by atoms with Crippen molar-refractivity contribution in [1.82, 2.24) is 0 Å². The Labute approximate surface area is 197 Å². The number of benzene rings is 3. The Balaban J connectivity index is 2.40. The molecule has 0 bridgehead atoms. The summed E-state index contributed by atoms with van der Waals surface area (Å²) in [4.78, 5) is 26.1. The number of carboxylic acid groups (broad SMARTS) is 1. The number of hydrogen-bond acceptors (Lipinski definition) is 2. The second kappa shape index (κ2) is 9.35. The number of ketones is 1. The van der Waals surface area contributed by atoms with Crippen LogP contribution in [0.4, 0.5) is 0 Å². The van der Waals surface area contributed by atoms with Crippen LogP contribution in [-0.2, 0) is 10.8 Å². The van der Waals surface area contributed by atoms with Gasteiger partial charge in [-0.05, 0) is 52.0 Å². The normalized spacial score (nSPS) is 11.9. The van der Waals surface area contributed by atoms with E-state index in [1.54, 1.807) is 18.2 Å². The molecule has 3 aromatic carbocycles. The van der Waals surface area contributed by atoms with Gasteiger partial charge in [0.05, 0.1) is 5.56 Å². The van der Waals surface area contributed by atoms with Crippen molar-refractivity contribution in [3.63, 3.8) is 0 Å². The van der Waals surface area contributed by atoms with Gasteiger partial charge in [-0.15, -0.1) is 0 Å². The zero-order valence-corrected chi connectivity index (χ0v) is 20.5. The van der Waals surface area contributed by atoms with E-state index < -0.39 is 5.97 Å². The van der Waals surface area contributed by atoms with Crippen LogP contribution in [0, 0.1) is 0 Å². The third-order valence-corrected chi connectivity index (χ3v) is 7.13. The Morgan fingerprint density at radius 2 is 1.33 bits per heavy atom. The number of carbonyl (C=O) groups excluding carboxylic acids is 1. The zero-order valence-electron chi connectivity index (χ0n) is 20.5. The quantitative estimate of drug-likeness (QED) is 0.364. The van der Waals surface area contributed by atoms with Gasteiger partial charge in [-0.2, -0.15) is 0 Å². The maximum atomic E-state index is 13.5. The molecule has 1 N–H and O–H groups in total. The van der Waals surface area contributed by atoms with Crippen molar-refractivity contribution in [2.24, 2.45) is 0 Å². The second-order valence-electron chi connectivity index (χ2n) is 9.97. The molecule has 0 atom stereocenters. The molecule has 0 radical (unpaired) electrons. The summed E-state index contributed by atoms with van der Waals surface area (Å²) >= 11 is 0. The highest BCUT2D eigenvalue weighted by Gasteiger charge is 2.32. The predicted molar refractivity (Wildman–Crippen MR) is 135 cm³/mol. The summed E-state index contributed by atoms with van der Waals surface area (Å²) in [6.45, 7) is 12.7. The molecule has 0 fully saturated rings. The van der Waals surface area contributed by atoms with Gasteiger partial charge in [0.2, 0.25) is 0 Å². The average Bonchev–Trinajstić information content (AvgIpc) is 2.83. The molecule has 3 aromatic rings. The van der Waals surface area contributed by atoms with E-state index in [0.717, 1.165) is 24.0 Å². The van der Waals surface area contributed by atoms with Crippen molar-refractivity contribution >= 4 is 11.8 Å². The minimum absolute atomic E-state index is 0.112. The molecule has 0 amide bonds. The van der Waals surface area contributed by atoms with Crippen LogP contribution in [0.5, 0.6) is 0 Å². The lowest BCUT2D eigenvalue weighted by atomic mass is 9.72. The van der Waals surface area contributed by atoms with E-state index in [9.17, 15) is 14.7 Å². The molecular formula is C30H34O3. The molecule has 0 aliphatic rings. The highest BCUT2D eigenvalue weighted by molar-refractivity contribution is 6.14. The highest BCUT2D eigenvalue weighted by atomic mass is 16.4. The fraction of sp³-hybridized carbons (Fsp3) is 0.333. The average molecular weight is 443 g/mol. The molecule has 0 aliphatic heterocycles. The van der Waals surface area contributed by atoms with Crippen molar-refractivity contribution in [3.05, 3.63) is 94.5 Å². The van der Waals surface area contributed by atoms with Gasteiger partial charge in [0.15, 0.2) is 5.78 Å². The highest BCUT2D eigenvalue weighted by Crippen LogP contribution is 2.41. The smallest absolute Gasteiger partial charge is 0.336 e. The summed E-state index contributed by atoms with van der Waals surface area (Å²) in [6.07, 6.45) is 1.71. The maximum absolute atomic E-state index is 13.5. The van der Waals surface area contributed by atoms with Gasteiger partial charge >= 0.3 is 5.97 Å². The van der Waals surface area contributed by atoms with Gasteiger partial charge in [0.25, 0.3) is 0 Å². The van der Waals surface area contributed by atoms with Crippen LogP contribution in [0.15, 0.2) is 66.7 Å². The molecule has 0 unspecified atom stereocenters. The Morgan fingerprint density at radius 3 is 1.91 bits per heavy atom. The standard InChI is InChI=1S/C30H34O3/c1-7-29(3,4)21-18-24(26(28(32)33)25(19-21)30(5,6)8-2)22-16-12-13-17-23(22)27(31)20-14-10-9-11-15-20/h9-19H,7-8H2,1-6H3,(H,32,33). The van der Waals surface area contributed by atoms with Crippen LogP contribution >= 0.6 is 0 Å². The number of carbonyl (C=O) groups is 2. The van der Waals surface area contributed by atoms with Crippen molar-refractivity contribution in [1.29, 1.82) is 0 Å². The van der Waals surface area contributed by atoms with Gasteiger partial charge in [-0.1, -0.05) is 102 Å². The van der Waals surface area contributed by atoms with Crippen LogP contribution in [0.2, 0.25) is 0 Å². The minimum Gasteiger partial charge on any atom is -0.478 e. The van der Waals surface area contributed by atoms with Crippen molar-refractivity contribution in [2.45, 2.75) is 65.2 Å². The lowest BCUT2D eigenvalue weighted by Gasteiger charge is -2.32. The third-order valence-electron chi connectivity index (χ3n) is 7.13. The Bertz CT molecular complexity index is 1170. The third kappa shape index (κ3) is 4.78. The molecule has 0 heterocycles. The maximum Gasteiger partial charge on any atom is 0.336 e. The number of carboxylic acids is 1. The van der Waals surface area contributed by atoms with Crippen LogP contribution in [-0.4, -0.2) is 16.9 Å². The summed E-state index contributed by atoms with van der Waals surface area (Å²) in [5.74, 6) is -1.08. The summed E-state index contributed by atoms with van der Waals surface area (Å²) in [5, 5.41) is 10.4. The first-order valence-corrected chi connectivity index (χ1v) is 11.6. The summed E-state index contributed by atoms with van der Waals surface area (Å²) in [7, 11) is 0. The second-order valence-corrected chi connectivity index (χ2v) is 9.97. The van der Waals surface area contributed by atoms with Crippen LogP contribution in [0.25, 0.3) is 11.1 Å². The van der Waals surface area contributed by atoms with E-state index in [1.165, 1.54) is 0 Å². The summed E-state index contributed by atoms with van der Waals surface area (Å²) < 4.78 is 0. The number of aromatic carboxylic acids is 1. The van der Waals surface area contributed by atoms with E-state index in [2.05, 4.69) is 47.6 Å². The van der Waals surface area contributed by atoms with Crippen LogP contribution in [0.3, 0.4) is 0 Å². The van der Waals surface area contributed by atoms with E-state index in [0.29, 0.717) is 22.3 Å². The number of rotatable bonds is 8. The monoisotopic (exact) mass is 442 g/mol. The van der Waals surface area contributed by atoms with Gasteiger partial charge < -0.3 is 5.11 Å². The van der Waals surface area contributed by atoms with Crippen molar-refractivity contribution < 1.29 is 14.7 Å². The van der Waals surface area contributed by atoms with Gasteiger partial charge in [0.1, 0.15) is 0 Å². The van der Waals surface area contributed by atoms with Gasteiger partial charge in [-0.3, -0.25) is 4.79 Å². The molecule has 0 saturated heterocycles. The molecule has 172 valence electrons. The molecule has 3 nitrogen and oxygen atoms in total. The predicted octanol–water partition coefficient (Wildman–Crippen LogP) is 7.66. The molecular weight excluding hydrogens is 408 g/mol. The minimum atomic E-state index is -0.968. The van der Waals surface area contributed by atoms with E-state index in [4.69, 9.17) is 0 Å². The van der Waals surface area contributed by atoms with Crippen LogP contribution in [0.1, 0.15) is 91.8 Å². The first kappa shape index (κ1) is 24.4. The Kier molecular flexibility index (Phi) is 6.92. The fourth-order valence-electron chi connectivity index (χ4n) is 4.07. The molecule has 0 aliphatic carbocycles. The van der Waals surface area contributed by atoms with Crippen molar-refractivity contribution in [2.75, 3.05) is 0 Å². The first-order valence-electron chi connectivity index (χ1n) is 11.6. The molecule has 33 heavy (non-hydrogen) atoms. The Hall–Kier alpha value is -3.20. The van der Waals surface area contributed by atoms with Crippen LogP contribution < -0.4 is 0 Å². The van der Waals surface area contributed by atoms with E-state index >= 15 is 0 Å². The molecule has 0 saturated carbocycles. The SMILES string of the molecule is CCC(C)(C)c1cc(-c2ccccc2C(=O)c2ccccc2)c(C(=O)O)c(C(C)(C)CC)c1. The zero-order chi connectivity index (χ0) is 24.4. The van der Waals surface area contributed by atoms with Gasteiger partial charge in [0, 0.05) is 11.1 Å². The molecule has 3 heteroatoms. The lowest BCUT2D eigenvalue weighted by Crippen LogP contribution is -2.24. The van der Waals surface area contributed by atoms with Crippen molar-refractivity contribution in [3.8, 4) is 11.1 Å². The Morgan fingerprint density at radius 1 is 0.758 bits per heavy atom. The first-order chi connectivity index (χ1) is 15.5. The molecule has 3 rings (SSSR count). The largest absolute Gasteiger partial charge is 0.478 e. The molecule has 0 aromatic heterocycles. The lowest BCUT2D eigenvalue weighted by molar-refractivity contribution is 0.0694. The summed E-state index contributed by atoms with van der Waals surface area (Å²) in [6, 6.07) is 20.5. The van der Waals surface area contributed by atoms with E-state index in [-0.39, 0.29) is 22.2 Å². The van der Waals surface area contributed by atoms with E-state index in [1.807, 2.05) is 42.5 Å². The van der Waals surface area contributed by atoms with Gasteiger partial charge in [-0.25, -0.2) is 4.79 Å². The fourth-order valence-corrected chi connectivity index (χ4v) is 4.07. The summed E-state index contributed by atoms with van der Waals surface area (Å²) in [5.41, 5.74) is 4.08. The number of hydrogen-bond donors (Lipinski definition) is 1.